The number of carbonyl (C=O) groups is 1. The minimum atomic E-state index is -0.398. The molecule has 23 heavy (non-hydrogen) atoms. The Morgan fingerprint density at radius 1 is 1.13 bits per heavy atom. The summed E-state index contributed by atoms with van der Waals surface area (Å²) in [7, 11) is 0. The van der Waals surface area contributed by atoms with Crippen molar-refractivity contribution in [1.29, 1.82) is 0 Å². The lowest BCUT2D eigenvalue weighted by Crippen LogP contribution is -2.23. The van der Waals surface area contributed by atoms with Gasteiger partial charge in [0.15, 0.2) is 0 Å². The van der Waals surface area contributed by atoms with E-state index < -0.39 is 5.91 Å². The van der Waals surface area contributed by atoms with Crippen LogP contribution in [0.2, 0.25) is 0 Å². The van der Waals surface area contributed by atoms with Gasteiger partial charge in [-0.3, -0.25) is 9.59 Å². The summed E-state index contributed by atoms with van der Waals surface area (Å²) in [6.45, 7) is 2.66. The van der Waals surface area contributed by atoms with Crippen molar-refractivity contribution < 1.29 is 4.79 Å². The van der Waals surface area contributed by atoms with Crippen molar-refractivity contribution in [1.82, 2.24) is 4.57 Å². The molecule has 0 saturated heterocycles. The van der Waals surface area contributed by atoms with Gasteiger partial charge < -0.3 is 9.88 Å². The molecule has 1 amide bonds. The molecule has 0 aliphatic heterocycles. The minimum absolute atomic E-state index is 0.147. The Hall–Kier alpha value is -2.40. The van der Waals surface area contributed by atoms with Crippen LogP contribution in [-0.4, -0.2) is 10.5 Å². The van der Waals surface area contributed by atoms with Gasteiger partial charge in [-0.05, 0) is 43.3 Å². The zero-order valence-electron chi connectivity index (χ0n) is 12.5. The van der Waals surface area contributed by atoms with Gasteiger partial charge in [0.2, 0.25) is 5.43 Å². The van der Waals surface area contributed by atoms with E-state index in [1.54, 1.807) is 30.5 Å². The first-order chi connectivity index (χ1) is 11.1. The summed E-state index contributed by atoms with van der Waals surface area (Å²) >= 11 is 3.35. The fourth-order valence-electron chi connectivity index (χ4n) is 2.50. The minimum Gasteiger partial charge on any atom is -0.347 e. The van der Waals surface area contributed by atoms with Gasteiger partial charge in [0.1, 0.15) is 5.56 Å². The number of hydrogen-bond acceptors (Lipinski definition) is 2. The normalized spacial score (nSPS) is 10.7. The van der Waals surface area contributed by atoms with Crippen LogP contribution in [0.4, 0.5) is 5.69 Å². The average molecular weight is 371 g/mol. The summed E-state index contributed by atoms with van der Waals surface area (Å²) in [5, 5.41) is 3.32. The molecule has 1 heterocycles. The highest BCUT2D eigenvalue weighted by Crippen LogP contribution is 2.16. The number of pyridine rings is 1. The van der Waals surface area contributed by atoms with E-state index in [2.05, 4.69) is 21.2 Å². The molecule has 3 rings (SSSR count). The number of aryl methyl sites for hydroxylation is 1. The molecular formula is C18H15BrN2O2. The van der Waals surface area contributed by atoms with E-state index >= 15 is 0 Å². The van der Waals surface area contributed by atoms with Crippen LogP contribution in [0.1, 0.15) is 17.3 Å². The van der Waals surface area contributed by atoms with E-state index in [-0.39, 0.29) is 11.0 Å². The van der Waals surface area contributed by atoms with Crippen LogP contribution in [0.15, 0.2) is 64.0 Å². The largest absolute Gasteiger partial charge is 0.347 e. The van der Waals surface area contributed by atoms with E-state index in [0.717, 1.165) is 9.99 Å². The number of hydrogen-bond donors (Lipinski definition) is 1. The van der Waals surface area contributed by atoms with Gasteiger partial charge in [0, 0.05) is 28.3 Å². The number of rotatable bonds is 3. The fourth-order valence-corrected chi connectivity index (χ4v) is 2.76. The molecule has 0 spiro atoms. The third-order valence-corrected chi connectivity index (χ3v) is 4.20. The summed E-state index contributed by atoms with van der Waals surface area (Å²) in [6.07, 6.45) is 1.62. The Morgan fingerprint density at radius 2 is 1.83 bits per heavy atom. The zero-order valence-corrected chi connectivity index (χ0v) is 14.1. The molecule has 0 aliphatic rings. The number of amides is 1. The number of nitrogens with one attached hydrogen (secondary N) is 1. The second kappa shape index (κ2) is 6.38. The number of halogens is 1. The lowest BCUT2D eigenvalue weighted by atomic mass is 10.1. The number of fused-ring (bicyclic) bond motifs is 1. The van der Waals surface area contributed by atoms with Crippen LogP contribution in [0.3, 0.4) is 0 Å². The molecule has 2 aromatic carbocycles. The molecule has 3 aromatic rings. The standard InChI is InChI=1S/C18H15BrN2O2/c1-2-21-11-15(17(22)14-5-3-4-6-16(14)21)18(23)20-13-9-7-12(19)8-10-13/h3-11H,2H2,1H3,(H,20,23). The Balaban J connectivity index is 2.05. The van der Waals surface area contributed by atoms with E-state index in [0.29, 0.717) is 17.6 Å². The summed E-state index contributed by atoms with van der Waals surface area (Å²) in [5.41, 5.74) is 1.38. The van der Waals surface area contributed by atoms with Crippen molar-refractivity contribution in [2.24, 2.45) is 0 Å². The van der Waals surface area contributed by atoms with Crippen LogP contribution in [0.5, 0.6) is 0 Å². The van der Waals surface area contributed by atoms with Crippen LogP contribution in [-0.2, 0) is 6.54 Å². The number of carbonyl (C=O) groups excluding carboxylic acids is 1. The first-order valence-corrected chi connectivity index (χ1v) is 8.08. The summed E-state index contributed by atoms with van der Waals surface area (Å²) < 4.78 is 2.84. The molecule has 5 heteroatoms. The molecule has 0 radical (unpaired) electrons. The Morgan fingerprint density at radius 3 is 2.52 bits per heavy atom. The van der Waals surface area contributed by atoms with Crippen molar-refractivity contribution in [3.05, 3.63) is 75.0 Å². The molecule has 0 aliphatic carbocycles. The third kappa shape index (κ3) is 3.05. The van der Waals surface area contributed by atoms with Crippen molar-refractivity contribution in [3.8, 4) is 0 Å². The van der Waals surface area contributed by atoms with Crippen molar-refractivity contribution in [2.75, 3.05) is 5.32 Å². The number of aromatic nitrogens is 1. The monoisotopic (exact) mass is 370 g/mol. The lowest BCUT2D eigenvalue weighted by molar-refractivity contribution is 0.102. The molecule has 0 unspecified atom stereocenters. The molecule has 0 atom stereocenters. The third-order valence-electron chi connectivity index (χ3n) is 3.68. The molecule has 0 fully saturated rings. The average Bonchev–Trinajstić information content (AvgIpc) is 2.57. The fraction of sp³-hybridized carbons (Fsp3) is 0.111. The SMILES string of the molecule is CCn1cc(C(=O)Nc2ccc(Br)cc2)c(=O)c2ccccc21. The van der Waals surface area contributed by atoms with Crippen LogP contribution < -0.4 is 10.7 Å². The van der Waals surface area contributed by atoms with Crippen molar-refractivity contribution >= 4 is 38.4 Å². The Labute approximate surface area is 141 Å². The maximum Gasteiger partial charge on any atom is 0.261 e. The highest BCUT2D eigenvalue weighted by molar-refractivity contribution is 9.10. The summed E-state index contributed by atoms with van der Waals surface area (Å²) in [5.74, 6) is -0.398. The van der Waals surface area contributed by atoms with E-state index in [9.17, 15) is 9.59 Å². The lowest BCUT2D eigenvalue weighted by Gasteiger charge is -2.11. The smallest absolute Gasteiger partial charge is 0.261 e. The van der Waals surface area contributed by atoms with Gasteiger partial charge in [0.05, 0.1) is 5.52 Å². The van der Waals surface area contributed by atoms with E-state index in [4.69, 9.17) is 0 Å². The number of nitrogens with zero attached hydrogens (tertiary/aromatic N) is 1. The molecule has 1 N–H and O–H groups in total. The van der Waals surface area contributed by atoms with Gasteiger partial charge in [-0.2, -0.15) is 0 Å². The van der Waals surface area contributed by atoms with Crippen LogP contribution in [0, 0.1) is 0 Å². The molecule has 0 bridgehead atoms. The predicted molar refractivity (Wildman–Crippen MR) is 96.0 cm³/mol. The maximum absolute atomic E-state index is 12.6. The zero-order chi connectivity index (χ0) is 16.4. The van der Waals surface area contributed by atoms with E-state index in [1.807, 2.05) is 35.8 Å². The molecule has 116 valence electrons. The quantitative estimate of drug-likeness (QED) is 0.756. The van der Waals surface area contributed by atoms with E-state index in [1.165, 1.54) is 0 Å². The number of para-hydroxylation sites is 1. The first-order valence-electron chi connectivity index (χ1n) is 7.29. The highest BCUT2D eigenvalue weighted by Gasteiger charge is 2.15. The van der Waals surface area contributed by atoms with Gasteiger partial charge in [-0.15, -0.1) is 0 Å². The van der Waals surface area contributed by atoms with Gasteiger partial charge in [0.25, 0.3) is 5.91 Å². The second-order valence-electron chi connectivity index (χ2n) is 5.14. The Kier molecular flexibility index (Phi) is 4.30. The summed E-state index contributed by atoms with van der Waals surface area (Å²) in [6, 6.07) is 14.6. The molecular weight excluding hydrogens is 356 g/mol. The molecule has 0 saturated carbocycles. The predicted octanol–water partition coefficient (Wildman–Crippen LogP) is 4.04. The van der Waals surface area contributed by atoms with Gasteiger partial charge in [-0.1, -0.05) is 28.1 Å². The Bertz CT molecular complexity index is 930. The topological polar surface area (TPSA) is 51.1 Å². The maximum atomic E-state index is 12.6. The van der Waals surface area contributed by atoms with Crippen molar-refractivity contribution in [2.45, 2.75) is 13.5 Å². The second-order valence-corrected chi connectivity index (χ2v) is 6.05. The van der Waals surface area contributed by atoms with Gasteiger partial charge >= 0.3 is 0 Å². The van der Waals surface area contributed by atoms with Crippen LogP contribution in [0.25, 0.3) is 10.9 Å². The number of benzene rings is 2. The number of anilines is 1. The molecule has 4 nitrogen and oxygen atoms in total. The molecule has 1 aromatic heterocycles. The highest BCUT2D eigenvalue weighted by atomic mass is 79.9. The summed E-state index contributed by atoms with van der Waals surface area (Å²) in [4.78, 5) is 25.1. The van der Waals surface area contributed by atoms with Gasteiger partial charge in [-0.25, -0.2) is 0 Å². The van der Waals surface area contributed by atoms with Crippen LogP contribution >= 0.6 is 15.9 Å². The van der Waals surface area contributed by atoms with Crippen molar-refractivity contribution in [3.63, 3.8) is 0 Å². The first kappa shape index (κ1) is 15.5.